The number of carboxylic acid groups (broad SMARTS) is 1. The van der Waals surface area contributed by atoms with Crippen molar-refractivity contribution in [2.24, 2.45) is 0 Å². The lowest BCUT2D eigenvalue weighted by Crippen LogP contribution is -2.46. The van der Waals surface area contributed by atoms with Gasteiger partial charge in [0.25, 0.3) is 11.8 Å². The standard InChI is InChI=1S/C12H11NO4S/c1-18-6-9(12(16)17)13-10(14)7-4-2-3-5-8(7)11(13)15/h2-5,9H,6H2,1H3,(H,16,17). The Morgan fingerprint density at radius 2 is 1.78 bits per heavy atom. The van der Waals surface area contributed by atoms with E-state index in [-0.39, 0.29) is 16.9 Å². The zero-order valence-electron chi connectivity index (χ0n) is 9.62. The Bertz CT molecular complexity index is 494. The number of carboxylic acids is 1. The molecule has 0 radical (unpaired) electrons. The molecule has 1 N–H and O–H groups in total. The first-order chi connectivity index (χ1) is 8.57. The van der Waals surface area contributed by atoms with Gasteiger partial charge in [-0.05, 0) is 18.4 Å². The van der Waals surface area contributed by atoms with Crippen LogP contribution in [-0.4, -0.2) is 45.8 Å². The molecule has 0 aliphatic carbocycles. The molecule has 1 unspecified atom stereocenters. The van der Waals surface area contributed by atoms with E-state index in [0.717, 1.165) is 4.90 Å². The molecule has 1 aliphatic rings. The van der Waals surface area contributed by atoms with Crippen LogP contribution in [0, 0.1) is 0 Å². The molecule has 0 aromatic heterocycles. The number of aliphatic carboxylic acids is 1. The lowest BCUT2D eigenvalue weighted by Gasteiger charge is -2.21. The monoisotopic (exact) mass is 265 g/mol. The number of thioether (sulfide) groups is 1. The van der Waals surface area contributed by atoms with Crippen LogP contribution in [0.15, 0.2) is 24.3 Å². The highest BCUT2D eigenvalue weighted by Gasteiger charge is 2.42. The Kier molecular flexibility index (Phi) is 3.38. The van der Waals surface area contributed by atoms with Crippen LogP contribution in [0.1, 0.15) is 20.7 Å². The van der Waals surface area contributed by atoms with E-state index in [1.165, 1.54) is 23.9 Å². The SMILES string of the molecule is CSCC(C(=O)O)N1C(=O)c2ccccc2C1=O. The minimum atomic E-state index is -1.17. The molecule has 0 fully saturated rings. The highest BCUT2D eigenvalue weighted by molar-refractivity contribution is 7.98. The summed E-state index contributed by atoms with van der Waals surface area (Å²) in [5, 5.41) is 9.12. The van der Waals surface area contributed by atoms with Crippen LogP contribution in [0.2, 0.25) is 0 Å². The number of rotatable bonds is 4. The minimum absolute atomic E-state index is 0.181. The fourth-order valence-electron chi connectivity index (χ4n) is 1.91. The third-order valence-corrected chi connectivity index (χ3v) is 3.40. The van der Waals surface area contributed by atoms with E-state index in [1.54, 1.807) is 18.4 Å². The molecule has 6 heteroatoms. The summed E-state index contributed by atoms with van der Waals surface area (Å²) < 4.78 is 0. The van der Waals surface area contributed by atoms with Gasteiger partial charge in [0, 0.05) is 5.75 Å². The van der Waals surface area contributed by atoms with Gasteiger partial charge in [-0.15, -0.1) is 0 Å². The molecule has 1 aromatic rings. The fraction of sp³-hybridized carbons (Fsp3) is 0.250. The Hall–Kier alpha value is -1.82. The highest BCUT2D eigenvalue weighted by atomic mass is 32.2. The summed E-state index contributed by atoms with van der Waals surface area (Å²) in [4.78, 5) is 36.1. The molecule has 5 nitrogen and oxygen atoms in total. The number of fused-ring (bicyclic) bond motifs is 1. The molecule has 1 atom stereocenters. The fourth-order valence-corrected chi connectivity index (χ4v) is 2.51. The summed E-state index contributed by atoms with van der Waals surface area (Å²) in [5.74, 6) is -2.05. The van der Waals surface area contributed by atoms with Crippen molar-refractivity contribution < 1.29 is 19.5 Å². The number of carbonyl (C=O) groups is 3. The zero-order valence-corrected chi connectivity index (χ0v) is 10.4. The normalized spacial score (nSPS) is 15.7. The second-order valence-electron chi connectivity index (χ2n) is 3.84. The maximum Gasteiger partial charge on any atom is 0.327 e. The van der Waals surface area contributed by atoms with Crippen LogP contribution >= 0.6 is 11.8 Å². The van der Waals surface area contributed by atoms with Crippen molar-refractivity contribution in [3.63, 3.8) is 0 Å². The topological polar surface area (TPSA) is 74.7 Å². The number of hydrogen-bond acceptors (Lipinski definition) is 4. The molecule has 0 saturated heterocycles. The third-order valence-electron chi connectivity index (χ3n) is 2.75. The van der Waals surface area contributed by atoms with Crippen molar-refractivity contribution in [1.29, 1.82) is 0 Å². The van der Waals surface area contributed by atoms with E-state index in [9.17, 15) is 14.4 Å². The van der Waals surface area contributed by atoms with Gasteiger partial charge in [-0.3, -0.25) is 14.5 Å². The summed E-state index contributed by atoms with van der Waals surface area (Å²) in [7, 11) is 0. The first kappa shape index (κ1) is 12.6. The van der Waals surface area contributed by atoms with Crippen molar-refractivity contribution in [2.75, 3.05) is 12.0 Å². The van der Waals surface area contributed by atoms with Gasteiger partial charge in [0.2, 0.25) is 0 Å². The van der Waals surface area contributed by atoms with Crippen molar-refractivity contribution in [3.8, 4) is 0 Å². The van der Waals surface area contributed by atoms with Crippen molar-refractivity contribution >= 4 is 29.5 Å². The Morgan fingerprint density at radius 1 is 1.28 bits per heavy atom. The Labute approximate surface area is 108 Å². The van der Waals surface area contributed by atoms with Gasteiger partial charge < -0.3 is 5.11 Å². The molecule has 2 amide bonds. The number of nitrogens with zero attached hydrogens (tertiary/aromatic N) is 1. The van der Waals surface area contributed by atoms with Crippen molar-refractivity contribution in [3.05, 3.63) is 35.4 Å². The lowest BCUT2D eigenvalue weighted by molar-refractivity contribution is -0.140. The molecule has 0 bridgehead atoms. The summed E-state index contributed by atoms with van der Waals surface area (Å²) in [5.41, 5.74) is 0.546. The predicted molar refractivity (Wildman–Crippen MR) is 66.7 cm³/mol. The molecular formula is C12H11NO4S. The van der Waals surface area contributed by atoms with E-state index in [0.29, 0.717) is 0 Å². The molecule has 94 valence electrons. The minimum Gasteiger partial charge on any atom is -0.480 e. The second-order valence-corrected chi connectivity index (χ2v) is 4.75. The molecule has 1 aliphatic heterocycles. The van der Waals surface area contributed by atoms with E-state index < -0.39 is 23.8 Å². The van der Waals surface area contributed by atoms with Gasteiger partial charge in [0.15, 0.2) is 0 Å². The summed E-state index contributed by atoms with van der Waals surface area (Å²) in [6, 6.07) is 5.25. The second kappa shape index (κ2) is 4.81. The quantitative estimate of drug-likeness (QED) is 0.825. The molecule has 0 spiro atoms. The van der Waals surface area contributed by atoms with Crippen LogP contribution in [0.3, 0.4) is 0 Å². The van der Waals surface area contributed by atoms with Crippen LogP contribution in [-0.2, 0) is 4.79 Å². The molecule has 0 saturated carbocycles. The van der Waals surface area contributed by atoms with Gasteiger partial charge in [-0.2, -0.15) is 11.8 Å². The molecule has 1 aromatic carbocycles. The van der Waals surface area contributed by atoms with Crippen LogP contribution in [0.25, 0.3) is 0 Å². The first-order valence-electron chi connectivity index (χ1n) is 5.26. The van der Waals surface area contributed by atoms with E-state index in [4.69, 9.17) is 5.11 Å². The largest absolute Gasteiger partial charge is 0.480 e. The molecular weight excluding hydrogens is 254 g/mol. The molecule has 2 rings (SSSR count). The summed E-state index contributed by atoms with van der Waals surface area (Å²) >= 11 is 1.28. The third kappa shape index (κ3) is 1.88. The van der Waals surface area contributed by atoms with Crippen LogP contribution in [0.5, 0.6) is 0 Å². The smallest absolute Gasteiger partial charge is 0.327 e. The summed E-state index contributed by atoms with van der Waals surface area (Å²) in [6.45, 7) is 0. The van der Waals surface area contributed by atoms with Crippen LogP contribution in [0.4, 0.5) is 0 Å². The summed E-state index contributed by atoms with van der Waals surface area (Å²) in [6.07, 6.45) is 1.73. The van der Waals surface area contributed by atoms with Gasteiger partial charge >= 0.3 is 5.97 Å². The van der Waals surface area contributed by atoms with Gasteiger partial charge in [0.05, 0.1) is 11.1 Å². The molecule has 18 heavy (non-hydrogen) atoms. The van der Waals surface area contributed by atoms with Crippen molar-refractivity contribution in [2.45, 2.75) is 6.04 Å². The first-order valence-corrected chi connectivity index (χ1v) is 6.66. The van der Waals surface area contributed by atoms with Gasteiger partial charge in [0.1, 0.15) is 6.04 Å². The number of benzene rings is 1. The van der Waals surface area contributed by atoms with E-state index >= 15 is 0 Å². The Balaban J connectivity index is 2.41. The predicted octanol–water partition coefficient (Wildman–Crippen LogP) is 1.10. The number of hydrogen-bond donors (Lipinski definition) is 1. The maximum atomic E-state index is 12.1. The van der Waals surface area contributed by atoms with Gasteiger partial charge in [-0.1, -0.05) is 12.1 Å². The van der Waals surface area contributed by atoms with Gasteiger partial charge in [-0.25, -0.2) is 4.79 Å². The zero-order chi connectivity index (χ0) is 13.3. The van der Waals surface area contributed by atoms with E-state index in [2.05, 4.69) is 0 Å². The average molecular weight is 265 g/mol. The molecule has 1 heterocycles. The number of amides is 2. The number of carbonyl (C=O) groups excluding carboxylic acids is 2. The average Bonchev–Trinajstić information content (AvgIpc) is 2.60. The van der Waals surface area contributed by atoms with Crippen LogP contribution < -0.4 is 0 Å². The maximum absolute atomic E-state index is 12.1. The Morgan fingerprint density at radius 3 is 2.17 bits per heavy atom. The number of imide groups is 1. The lowest BCUT2D eigenvalue weighted by atomic mass is 10.1. The van der Waals surface area contributed by atoms with E-state index in [1.807, 2.05) is 0 Å². The highest BCUT2D eigenvalue weighted by Crippen LogP contribution is 2.25. The van der Waals surface area contributed by atoms with Crippen molar-refractivity contribution in [1.82, 2.24) is 4.90 Å².